The number of para-hydroxylation sites is 1. The Morgan fingerprint density at radius 3 is 2.03 bits per heavy atom. The van der Waals surface area contributed by atoms with Gasteiger partial charge in [-0.05, 0) is 65.4 Å². The van der Waals surface area contributed by atoms with Crippen LogP contribution in [0.25, 0.3) is 0 Å². The number of phenols is 2. The first kappa shape index (κ1) is 30.9. The van der Waals surface area contributed by atoms with Gasteiger partial charge in [0, 0.05) is 6.42 Å². The zero-order valence-corrected chi connectivity index (χ0v) is 24.8. The molecular formula is C31H54O5. The molecular weight excluding hydrogens is 452 g/mol. The first-order valence-corrected chi connectivity index (χ1v) is 13.9. The van der Waals surface area contributed by atoms with Crippen molar-refractivity contribution in [2.75, 3.05) is 0 Å². The van der Waals surface area contributed by atoms with E-state index in [2.05, 4.69) is 76.2 Å². The molecule has 0 aliphatic carbocycles. The van der Waals surface area contributed by atoms with E-state index in [0.717, 1.165) is 32.1 Å². The highest BCUT2D eigenvalue weighted by Crippen LogP contribution is 2.54. The Labute approximate surface area is 220 Å². The first-order valence-electron chi connectivity index (χ1n) is 13.9. The van der Waals surface area contributed by atoms with Gasteiger partial charge in [-0.2, -0.15) is 0 Å². The maximum Gasteiger partial charge on any atom is 0.188 e. The molecule has 5 heteroatoms. The maximum absolute atomic E-state index is 10.6. The standard InChI is InChI=1S/C31H54O5/c1-12-21-18-25(36-27(35-21)22-14-13-15-23(32)26(22)34)31(10,11)29(6,7)17-16-28(4,5)30(8,9)19-24(33)20(2)3/h13-15,20-21,24-25,27,32-34H,12,16-19H2,1-11H3. The van der Waals surface area contributed by atoms with E-state index in [-0.39, 0.29) is 57.4 Å². The zero-order valence-electron chi connectivity index (χ0n) is 24.8. The molecule has 0 aromatic heterocycles. The van der Waals surface area contributed by atoms with Gasteiger partial charge in [0.05, 0.1) is 23.9 Å². The monoisotopic (exact) mass is 506 g/mol. The van der Waals surface area contributed by atoms with Gasteiger partial charge in [0.2, 0.25) is 0 Å². The molecule has 1 aromatic carbocycles. The van der Waals surface area contributed by atoms with E-state index in [1.807, 2.05) is 0 Å². The lowest BCUT2D eigenvalue weighted by Crippen LogP contribution is -2.49. The molecule has 1 saturated heterocycles. The van der Waals surface area contributed by atoms with E-state index in [9.17, 15) is 15.3 Å². The van der Waals surface area contributed by atoms with E-state index in [4.69, 9.17) is 9.47 Å². The van der Waals surface area contributed by atoms with Crippen molar-refractivity contribution in [2.45, 2.75) is 133 Å². The first-order chi connectivity index (χ1) is 16.4. The van der Waals surface area contributed by atoms with Gasteiger partial charge in [0.15, 0.2) is 17.8 Å². The van der Waals surface area contributed by atoms with Crippen molar-refractivity contribution >= 4 is 0 Å². The van der Waals surface area contributed by atoms with Gasteiger partial charge in [-0.25, -0.2) is 0 Å². The van der Waals surface area contributed by atoms with Gasteiger partial charge in [0.25, 0.3) is 0 Å². The summed E-state index contributed by atoms with van der Waals surface area (Å²) in [5.41, 5.74) is 0.305. The van der Waals surface area contributed by atoms with Crippen molar-refractivity contribution in [3.05, 3.63) is 23.8 Å². The number of rotatable bonds is 11. The van der Waals surface area contributed by atoms with Crippen LogP contribution in [0.2, 0.25) is 0 Å². The summed E-state index contributed by atoms with van der Waals surface area (Å²) in [5, 5.41) is 31.1. The molecule has 0 spiro atoms. The molecule has 0 bridgehead atoms. The van der Waals surface area contributed by atoms with Crippen LogP contribution in [0.4, 0.5) is 0 Å². The van der Waals surface area contributed by atoms with Gasteiger partial charge in [-0.15, -0.1) is 0 Å². The Morgan fingerprint density at radius 1 is 0.889 bits per heavy atom. The van der Waals surface area contributed by atoms with Crippen molar-refractivity contribution < 1.29 is 24.8 Å². The van der Waals surface area contributed by atoms with Crippen LogP contribution in [-0.4, -0.2) is 33.6 Å². The quantitative estimate of drug-likeness (QED) is 0.265. The summed E-state index contributed by atoms with van der Waals surface area (Å²) in [6, 6.07) is 4.92. The highest BCUT2D eigenvalue weighted by Gasteiger charge is 2.49. The Balaban J connectivity index is 2.23. The van der Waals surface area contributed by atoms with Crippen LogP contribution >= 0.6 is 0 Å². The van der Waals surface area contributed by atoms with Gasteiger partial charge in [0.1, 0.15) is 0 Å². The Morgan fingerprint density at radius 2 is 1.47 bits per heavy atom. The second-order valence-electron chi connectivity index (χ2n) is 14.0. The average molecular weight is 507 g/mol. The minimum absolute atomic E-state index is 0.00265. The zero-order chi connectivity index (χ0) is 27.7. The molecule has 0 radical (unpaired) electrons. The third-order valence-corrected chi connectivity index (χ3v) is 10.1. The molecule has 2 rings (SSSR count). The molecule has 1 aliphatic heterocycles. The molecule has 36 heavy (non-hydrogen) atoms. The van der Waals surface area contributed by atoms with Crippen molar-refractivity contribution in [3.8, 4) is 11.5 Å². The summed E-state index contributed by atoms with van der Waals surface area (Å²) in [7, 11) is 0. The van der Waals surface area contributed by atoms with Crippen LogP contribution in [0.3, 0.4) is 0 Å². The number of ether oxygens (including phenoxy) is 2. The molecule has 5 nitrogen and oxygen atoms in total. The largest absolute Gasteiger partial charge is 0.504 e. The smallest absolute Gasteiger partial charge is 0.188 e. The van der Waals surface area contributed by atoms with Crippen LogP contribution < -0.4 is 0 Å². The van der Waals surface area contributed by atoms with Crippen LogP contribution in [0.15, 0.2) is 18.2 Å². The van der Waals surface area contributed by atoms with Gasteiger partial charge < -0.3 is 24.8 Å². The third-order valence-electron chi connectivity index (χ3n) is 10.1. The molecule has 1 heterocycles. The summed E-state index contributed by atoms with van der Waals surface area (Å²) in [6.07, 6.45) is 3.42. The highest BCUT2D eigenvalue weighted by molar-refractivity contribution is 5.45. The van der Waals surface area contributed by atoms with Gasteiger partial charge >= 0.3 is 0 Å². The van der Waals surface area contributed by atoms with Crippen molar-refractivity contribution in [3.63, 3.8) is 0 Å². The SMILES string of the molecule is CCC1CC(C(C)(C)C(C)(C)CCC(C)(C)C(C)(C)CC(O)C(C)C)OC(c2cccc(O)c2O)O1. The molecule has 1 aliphatic rings. The highest BCUT2D eigenvalue weighted by atomic mass is 16.7. The average Bonchev–Trinajstić information content (AvgIpc) is 2.78. The summed E-state index contributed by atoms with van der Waals surface area (Å²) in [6.45, 7) is 24.8. The van der Waals surface area contributed by atoms with Gasteiger partial charge in [-0.3, -0.25) is 0 Å². The van der Waals surface area contributed by atoms with Crippen LogP contribution in [0.1, 0.15) is 120 Å². The molecule has 1 aromatic rings. The van der Waals surface area contributed by atoms with E-state index in [0.29, 0.717) is 5.56 Å². The van der Waals surface area contributed by atoms with Gasteiger partial charge in [-0.1, -0.05) is 82.2 Å². The number of aromatic hydroxyl groups is 2. The van der Waals surface area contributed by atoms with Crippen molar-refractivity contribution in [1.29, 1.82) is 0 Å². The van der Waals surface area contributed by atoms with E-state index in [1.165, 1.54) is 6.07 Å². The molecule has 1 fully saturated rings. The lowest BCUT2D eigenvalue weighted by atomic mass is 9.57. The van der Waals surface area contributed by atoms with Crippen molar-refractivity contribution in [1.82, 2.24) is 0 Å². The minimum Gasteiger partial charge on any atom is -0.504 e. The Hall–Kier alpha value is -1.30. The number of aliphatic hydroxyl groups excluding tert-OH is 1. The van der Waals surface area contributed by atoms with E-state index >= 15 is 0 Å². The maximum atomic E-state index is 10.6. The predicted molar refractivity (Wildman–Crippen MR) is 147 cm³/mol. The Kier molecular flexibility index (Phi) is 9.63. The number of hydrogen-bond donors (Lipinski definition) is 3. The summed E-state index contributed by atoms with van der Waals surface area (Å²) in [5.74, 6) is -0.0870. The third kappa shape index (κ3) is 6.57. The molecule has 0 amide bonds. The van der Waals surface area contributed by atoms with Crippen LogP contribution in [-0.2, 0) is 9.47 Å². The Bertz CT molecular complexity index is 855. The molecule has 3 N–H and O–H groups in total. The second kappa shape index (κ2) is 11.2. The molecule has 4 atom stereocenters. The fraction of sp³-hybridized carbons (Fsp3) is 0.806. The number of aliphatic hydroxyl groups is 1. The van der Waals surface area contributed by atoms with Crippen molar-refractivity contribution in [2.24, 2.45) is 27.6 Å². The van der Waals surface area contributed by atoms with E-state index < -0.39 is 6.29 Å². The normalized spacial score (nSPS) is 23.2. The number of phenolic OH excluding ortho intramolecular Hbond substituents is 2. The van der Waals surface area contributed by atoms with Crippen LogP contribution in [0, 0.1) is 27.6 Å². The van der Waals surface area contributed by atoms with E-state index in [1.54, 1.807) is 12.1 Å². The molecule has 4 unspecified atom stereocenters. The number of hydrogen-bond acceptors (Lipinski definition) is 5. The molecule has 208 valence electrons. The lowest BCUT2D eigenvalue weighted by molar-refractivity contribution is -0.280. The minimum atomic E-state index is -0.719. The number of benzene rings is 1. The lowest BCUT2D eigenvalue weighted by Gasteiger charge is -2.52. The van der Waals surface area contributed by atoms with Crippen LogP contribution in [0.5, 0.6) is 11.5 Å². The fourth-order valence-corrected chi connectivity index (χ4v) is 5.08. The molecule has 0 saturated carbocycles. The summed E-state index contributed by atoms with van der Waals surface area (Å²) < 4.78 is 12.7. The fourth-order valence-electron chi connectivity index (χ4n) is 5.08. The topological polar surface area (TPSA) is 79.2 Å². The summed E-state index contributed by atoms with van der Waals surface area (Å²) >= 11 is 0. The second-order valence-corrected chi connectivity index (χ2v) is 14.0. The predicted octanol–water partition coefficient (Wildman–Crippen LogP) is 7.97. The summed E-state index contributed by atoms with van der Waals surface area (Å²) in [4.78, 5) is 0.